The molecule has 0 aliphatic rings. The third-order valence-electron chi connectivity index (χ3n) is 3.50. The molecule has 0 spiro atoms. The SMILES string of the molecule is O=C(/C=C/c1cccc(Cl)c1)Cc1ccc2ccccc2c1. The van der Waals surface area contributed by atoms with E-state index in [-0.39, 0.29) is 5.78 Å². The van der Waals surface area contributed by atoms with E-state index in [1.165, 1.54) is 5.39 Å². The Morgan fingerprint density at radius 1 is 0.909 bits per heavy atom. The van der Waals surface area contributed by atoms with Crippen LogP contribution in [0.5, 0.6) is 0 Å². The summed E-state index contributed by atoms with van der Waals surface area (Å²) >= 11 is 5.93. The number of ketones is 1. The predicted octanol–water partition coefficient (Wildman–Crippen LogP) is 5.32. The van der Waals surface area contributed by atoms with E-state index in [1.54, 1.807) is 12.2 Å². The van der Waals surface area contributed by atoms with Gasteiger partial charge >= 0.3 is 0 Å². The fourth-order valence-corrected chi connectivity index (χ4v) is 2.61. The van der Waals surface area contributed by atoms with E-state index in [4.69, 9.17) is 11.6 Å². The first-order chi connectivity index (χ1) is 10.7. The van der Waals surface area contributed by atoms with Gasteiger partial charge in [0.25, 0.3) is 0 Å². The van der Waals surface area contributed by atoms with Crippen molar-refractivity contribution < 1.29 is 4.79 Å². The molecule has 0 fully saturated rings. The zero-order valence-corrected chi connectivity index (χ0v) is 12.8. The predicted molar refractivity (Wildman–Crippen MR) is 93.1 cm³/mol. The van der Waals surface area contributed by atoms with Gasteiger partial charge in [-0.2, -0.15) is 0 Å². The second-order valence-corrected chi connectivity index (χ2v) is 5.65. The molecule has 3 rings (SSSR count). The molecule has 0 aliphatic heterocycles. The lowest BCUT2D eigenvalue weighted by Gasteiger charge is -2.01. The maximum Gasteiger partial charge on any atom is 0.160 e. The minimum Gasteiger partial charge on any atom is -0.294 e. The fraction of sp³-hybridized carbons (Fsp3) is 0.0500. The van der Waals surface area contributed by atoms with Crippen molar-refractivity contribution in [2.45, 2.75) is 6.42 Å². The van der Waals surface area contributed by atoms with E-state index in [2.05, 4.69) is 24.3 Å². The molecule has 0 aromatic heterocycles. The Morgan fingerprint density at radius 2 is 1.73 bits per heavy atom. The number of allylic oxidation sites excluding steroid dienone is 1. The Morgan fingerprint density at radius 3 is 2.55 bits per heavy atom. The van der Waals surface area contributed by atoms with Gasteiger partial charge < -0.3 is 0 Å². The van der Waals surface area contributed by atoms with Crippen molar-refractivity contribution in [3.05, 3.63) is 89.0 Å². The summed E-state index contributed by atoms with van der Waals surface area (Å²) in [7, 11) is 0. The molecule has 0 atom stereocenters. The lowest BCUT2D eigenvalue weighted by Crippen LogP contribution is -1.98. The molecule has 0 N–H and O–H groups in total. The second-order valence-electron chi connectivity index (χ2n) is 5.21. The van der Waals surface area contributed by atoms with Crippen LogP contribution in [0.25, 0.3) is 16.8 Å². The summed E-state index contributed by atoms with van der Waals surface area (Å²) < 4.78 is 0. The summed E-state index contributed by atoms with van der Waals surface area (Å²) in [6.07, 6.45) is 3.82. The third-order valence-corrected chi connectivity index (χ3v) is 3.74. The number of hydrogen-bond donors (Lipinski definition) is 0. The van der Waals surface area contributed by atoms with Gasteiger partial charge in [0.1, 0.15) is 0 Å². The number of halogens is 1. The normalized spacial score (nSPS) is 11.1. The Balaban J connectivity index is 1.72. The minimum absolute atomic E-state index is 0.0789. The number of carbonyl (C=O) groups is 1. The molecular weight excluding hydrogens is 292 g/mol. The lowest BCUT2D eigenvalue weighted by molar-refractivity contribution is -0.113. The van der Waals surface area contributed by atoms with E-state index < -0.39 is 0 Å². The van der Waals surface area contributed by atoms with Crippen LogP contribution in [-0.2, 0) is 11.2 Å². The maximum absolute atomic E-state index is 12.1. The Labute approximate surface area is 134 Å². The van der Waals surface area contributed by atoms with Crippen LogP contribution in [-0.4, -0.2) is 5.78 Å². The number of benzene rings is 3. The van der Waals surface area contributed by atoms with Crippen molar-refractivity contribution in [3.63, 3.8) is 0 Å². The highest BCUT2D eigenvalue weighted by Crippen LogP contribution is 2.16. The lowest BCUT2D eigenvalue weighted by atomic mass is 10.0. The van der Waals surface area contributed by atoms with Crippen molar-refractivity contribution in [1.29, 1.82) is 0 Å². The maximum atomic E-state index is 12.1. The largest absolute Gasteiger partial charge is 0.294 e. The molecule has 3 aromatic carbocycles. The van der Waals surface area contributed by atoms with Crippen LogP contribution in [0.15, 0.2) is 72.8 Å². The molecule has 0 unspecified atom stereocenters. The fourth-order valence-electron chi connectivity index (χ4n) is 2.41. The van der Waals surface area contributed by atoms with Gasteiger partial charge in [0.15, 0.2) is 5.78 Å². The highest BCUT2D eigenvalue weighted by atomic mass is 35.5. The van der Waals surface area contributed by atoms with Crippen LogP contribution >= 0.6 is 11.6 Å². The third kappa shape index (κ3) is 3.63. The van der Waals surface area contributed by atoms with Gasteiger partial charge in [-0.15, -0.1) is 0 Å². The van der Waals surface area contributed by atoms with Crippen LogP contribution in [0.2, 0.25) is 5.02 Å². The summed E-state index contributed by atoms with van der Waals surface area (Å²) in [4.78, 5) is 12.1. The minimum atomic E-state index is 0.0789. The average molecular weight is 307 g/mol. The van der Waals surface area contributed by atoms with E-state index in [0.29, 0.717) is 11.4 Å². The highest BCUT2D eigenvalue weighted by molar-refractivity contribution is 6.30. The topological polar surface area (TPSA) is 17.1 Å². The van der Waals surface area contributed by atoms with Crippen LogP contribution in [0.4, 0.5) is 0 Å². The molecule has 108 valence electrons. The summed E-state index contributed by atoms with van der Waals surface area (Å²) in [5.41, 5.74) is 1.96. The molecule has 0 aliphatic carbocycles. The number of hydrogen-bond acceptors (Lipinski definition) is 1. The van der Waals surface area contributed by atoms with Gasteiger partial charge in [0.2, 0.25) is 0 Å². The van der Waals surface area contributed by atoms with Crippen LogP contribution in [0.3, 0.4) is 0 Å². The first-order valence-corrected chi connectivity index (χ1v) is 7.53. The van der Waals surface area contributed by atoms with Crippen LogP contribution in [0.1, 0.15) is 11.1 Å². The molecule has 0 radical (unpaired) electrons. The quantitative estimate of drug-likeness (QED) is 0.596. The van der Waals surface area contributed by atoms with Gasteiger partial charge in [0, 0.05) is 11.4 Å². The summed E-state index contributed by atoms with van der Waals surface area (Å²) in [6.45, 7) is 0. The van der Waals surface area contributed by atoms with Crippen molar-refractivity contribution in [2.75, 3.05) is 0 Å². The number of carbonyl (C=O) groups excluding carboxylic acids is 1. The molecular formula is C20H15ClO. The van der Waals surface area contributed by atoms with Crippen molar-refractivity contribution in [2.24, 2.45) is 0 Å². The highest BCUT2D eigenvalue weighted by Gasteiger charge is 2.01. The molecule has 0 amide bonds. The molecule has 0 saturated carbocycles. The zero-order valence-electron chi connectivity index (χ0n) is 12.0. The van der Waals surface area contributed by atoms with E-state index in [9.17, 15) is 4.79 Å². The average Bonchev–Trinajstić information content (AvgIpc) is 2.53. The molecule has 1 nitrogen and oxygen atoms in total. The summed E-state index contributed by atoms with van der Waals surface area (Å²) in [5, 5.41) is 3.02. The van der Waals surface area contributed by atoms with Crippen molar-refractivity contribution in [3.8, 4) is 0 Å². The Bertz CT molecular complexity index is 849. The van der Waals surface area contributed by atoms with Gasteiger partial charge in [-0.25, -0.2) is 0 Å². The second kappa shape index (κ2) is 6.59. The standard InChI is InChI=1S/C20H15ClO/c21-19-7-3-4-15(13-19)9-11-20(22)14-16-8-10-17-5-1-2-6-18(17)12-16/h1-13H,14H2/b11-9+. The first-order valence-electron chi connectivity index (χ1n) is 7.15. The van der Waals surface area contributed by atoms with Gasteiger partial charge in [0.05, 0.1) is 0 Å². The van der Waals surface area contributed by atoms with Gasteiger partial charge in [-0.3, -0.25) is 4.79 Å². The Kier molecular flexibility index (Phi) is 4.36. The molecule has 0 heterocycles. The van der Waals surface area contributed by atoms with E-state index in [1.807, 2.05) is 42.5 Å². The molecule has 22 heavy (non-hydrogen) atoms. The van der Waals surface area contributed by atoms with E-state index >= 15 is 0 Å². The number of rotatable bonds is 4. The van der Waals surface area contributed by atoms with Crippen molar-refractivity contribution >= 4 is 34.2 Å². The smallest absolute Gasteiger partial charge is 0.160 e. The first kappa shape index (κ1) is 14.6. The van der Waals surface area contributed by atoms with Crippen LogP contribution < -0.4 is 0 Å². The van der Waals surface area contributed by atoms with E-state index in [0.717, 1.165) is 16.5 Å². The van der Waals surface area contributed by atoms with Gasteiger partial charge in [-0.05, 0) is 40.1 Å². The van der Waals surface area contributed by atoms with Crippen LogP contribution in [0, 0.1) is 0 Å². The van der Waals surface area contributed by atoms with Gasteiger partial charge in [-0.1, -0.05) is 72.3 Å². The van der Waals surface area contributed by atoms with Crippen molar-refractivity contribution in [1.82, 2.24) is 0 Å². The molecule has 3 aromatic rings. The molecule has 2 heteroatoms. The summed E-state index contributed by atoms with van der Waals surface area (Å²) in [6, 6.07) is 21.7. The zero-order chi connectivity index (χ0) is 15.4. The number of fused-ring (bicyclic) bond motifs is 1. The summed E-state index contributed by atoms with van der Waals surface area (Å²) in [5.74, 6) is 0.0789. The monoisotopic (exact) mass is 306 g/mol. The molecule has 0 bridgehead atoms. The Hall–Kier alpha value is -2.38. The molecule has 0 saturated heterocycles.